The molecule has 0 unspecified atom stereocenters. The van der Waals surface area contributed by atoms with E-state index in [1.807, 2.05) is 0 Å². The van der Waals surface area contributed by atoms with Crippen LogP contribution in [0.5, 0.6) is 5.75 Å². The monoisotopic (exact) mass is 381 g/mol. The van der Waals surface area contributed by atoms with Crippen LogP contribution in [-0.4, -0.2) is 21.2 Å². The Kier molecular flexibility index (Phi) is 3.49. The molecular weight excluding hydrogens is 371 g/mol. The van der Waals surface area contributed by atoms with Crippen LogP contribution >= 0.6 is 11.6 Å². The van der Waals surface area contributed by atoms with Crippen molar-refractivity contribution in [1.82, 2.24) is 4.98 Å². The number of rotatable bonds is 1. The van der Waals surface area contributed by atoms with Gasteiger partial charge in [-0.15, -0.1) is 0 Å². The summed E-state index contributed by atoms with van der Waals surface area (Å²) in [7, 11) is 0. The van der Waals surface area contributed by atoms with E-state index in [9.17, 15) is 23.1 Å². The first-order valence-electron chi connectivity index (χ1n) is 7.67. The van der Waals surface area contributed by atoms with Crippen LogP contribution < -0.4 is 0 Å². The second-order valence-corrected chi connectivity index (χ2v) is 6.59. The number of hydrogen-bond acceptors (Lipinski definition) is 2. The van der Waals surface area contributed by atoms with Gasteiger partial charge in [0.15, 0.2) is 0 Å². The van der Waals surface area contributed by atoms with Gasteiger partial charge in [-0.1, -0.05) is 11.6 Å². The average Bonchev–Trinajstić information content (AvgIpc) is 2.90. The number of aryl methyl sites for hydroxylation is 2. The van der Waals surface area contributed by atoms with Crippen LogP contribution in [0.4, 0.5) is 13.2 Å². The first kappa shape index (κ1) is 16.8. The SMILES string of the molecule is O=C(O)c1cc2c(cc1O)-c1[nH]c3cc(C(F)(F)F)c(Cl)cc3c1CC2. The summed E-state index contributed by atoms with van der Waals surface area (Å²) in [5, 5.41) is 19.3. The van der Waals surface area contributed by atoms with Gasteiger partial charge in [-0.3, -0.25) is 0 Å². The smallest absolute Gasteiger partial charge is 0.417 e. The van der Waals surface area contributed by atoms with Gasteiger partial charge in [0.1, 0.15) is 11.3 Å². The third-order valence-corrected chi connectivity index (χ3v) is 4.98. The van der Waals surface area contributed by atoms with Crippen molar-refractivity contribution in [2.75, 3.05) is 0 Å². The Morgan fingerprint density at radius 1 is 1.15 bits per heavy atom. The number of phenols is 1. The maximum absolute atomic E-state index is 13.1. The zero-order chi connectivity index (χ0) is 18.8. The highest BCUT2D eigenvalue weighted by Crippen LogP contribution is 2.43. The predicted octanol–water partition coefficient (Wildman–Crippen LogP) is 5.01. The van der Waals surface area contributed by atoms with E-state index in [0.717, 1.165) is 11.6 Å². The number of aromatic hydroxyl groups is 1. The van der Waals surface area contributed by atoms with Crippen LogP contribution in [0.15, 0.2) is 24.3 Å². The quantitative estimate of drug-likeness (QED) is 0.554. The van der Waals surface area contributed by atoms with Crippen LogP contribution in [0.3, 0.4) is 0 Å². The summed E-state index contributed by atoms with van der Waals surface area (Å²) < 4.78 is 39.3. The van der Waals surface area contributed by atoms with Crippen LogP contribution in [-0.2, 0) is 19.0 Å². The highest BCUT2D eigenvalue weighted by molar-refractivity contribution is 6.32. The van der Waals surface area contributed by atoms with Gasteiger partial charge < -0.3 is 15.2 Å². The Bertz CT molecular complexity index is 1090. The normalized spacial score (nSPS) is 13.5. The molecule has 1 aliphatic rings. The molecule has 4 rings (SSSR count). The zero-order valence-corrected chi connectivity index (χ0v) is 13.8. The Labute approximate surface area is 149 Å². The summed E-state index contributed by atoms with van der Waals surface area (Å²) in [4.78, 5) is 14.1. The lowest BCUT2D eigenvalue weighted by atomic mass is 9.87. The van der Waals surface area contributed by atoms with Gasteiger partial charge in [0.05, 0.1) is 16.3 Å². The fourth-order valence-electron chi connectivity index (χ4n) is 3.48. The molecule has 3 N–H and O–H groups in total. The molecule has 3 aromatic rings. The third kappa shape index (κ3) is 2.42. The number of aromatic nitrogens is 1. The van der Waals surface area contributed by atoms with E-state index in [1.54, 1.807) is 0 Å². The molecule has 0 aliphatic heterocycles. The summed E-state index contributed by atoms with van der Waals surface area (Å²) in [6.45, 7) is 0. The van der Waals surface area contributed by atoms with Crippen molar-refractivity contribution in [2.24, 2.45) is 0 Å². The predicted molar refractivity (Wildman–Crippen MR) is 89.8 cm³/mol. The fourth-order valence-corrected chi connectivity index (χ4v) is 3.75. The molecule has 0 spiro atoms. The van der Waals surface area contributed by atoms with E-state index in [1.165, 1.54) is 18.2 Å². The van der Waals surface area contributed by atoms with Crippen LogP contribution in [0.2, 0.25) is 5.02 Å². The van der Waals surface area contributed by atoms with E-state index in [2.05, 4.69) is 4.98 Å². The van der Waals surface area contributed by atoms with Gasteiger partial charge in [0, 0.05) is 16.5 Å². The Balaban J connectivity index is 1.96. The van der Waals surface area contributed by atoms with Crippen molar-refractivity contribution in [3.63, 3.8) is 0 Å². The lowest BCUT2D eigenvalue weighted by Gasteiger charge is -2.18. The minimum Gasteiger partial charge on any atom is -0.507 e. The first-order valence-corrected chi connectivity index (χ1v) is 8.05. The van der Waals surface area contributed by atoms with Crippen molar-refractivity contribution >= 4 is 28.5 Å². The number of carbonyl (C=O) groups is 1. The topological polar surface area (TPSA) is 73.3 Å². The van der Waals surface area contributed by atoms with Gasteiger partial charge >= 0.3 is 12.1 Å². The molecule has 0 saturated heterocycles. The number of aromatic carboxylic acids is 1. The lowest BCUT2D eigenvalue weighted by molar-refractivity contribution is -0.137. The summed E-state index contributed by atoms with van der Waals surface area (Å²) >= 11 is 5.83. The largest absolute Gasteiger partial charge is 0.507 e. The van der Waals surface area contributed by atoms with E-state index in [4.69, 9.17) is 16.7 Å². The van der Waals surface area contributed by atoms with E-state index < -0.39 is 23.5 Å². The molecule has 1 aliphatic carbocycles. The molecule has 4 nitrogen and oxygen atoms in total. The number of alkyl halides is 3. The number of carboxylic acid groups (broad SMARTS) is 1. The van der Waals surface area contributed by atoms with Crippen molar-refractivity contribution in [3.8, 4) is 17.0 Å². The van der Waals surface area contributed by atoms with E-state index in [-0.39, 0.29) is 10.6 Å². The Morgan fingerprint density at radius 2 is 1.88 bits per heavy atom. The van der Waals surface area contributed by atoms with Crippen molar-refractivity contribution < 1.29 is 28.2 Å². The highest BCUT2D eigenvalue weighted by atomic mass is 35.5. The number of halogens is 4. The molecule has 0 atom stereocenters. The van der Waals surface area contributed by atoms with Crippen molar-refractivity contribution in [3.05, 3.63) is 51.5 Å². The van der Waals surface area contributed by atoms with Gasteiger partial charge in [0.25, 0.3) is 0 Å². The summed E-state index contributed by atoms with van der Waals surface area (Å²) in [6, 6.07) is 5.00. The van der Waals surface area contributed by atoms with Crippen LogP contribution in [0.25, 0.3) is 22.2 Å². The number of fused-ring (bicyclic) bond motifs is 5. The molecule has 1 aromatic heterocycles. The molecule has 0 fully saturated rings. The maximum atomic E-state index is 13.1. The second-order valence-electron chi connectivity index (χ2n) is 6.19. The third-order valence-electron chi connectivity index (χ3n) is 4.66. The zero-order valence-electron chi connectivity index (χ0n) is 13.0. The van der Waals surface area contributed by atoms with Gasteiger partial charge in [-0.25, -0.2) is 4.79 Å². The molecule has 0 saturated carbocycles. The summed E-state index contributed by atoms with van der Waals surface area (Å²) in [5.41, 5.74) is 1.83. The maximum Gasteiger partial charge on any atom is 0.417 e. The van der Waals surface area contributed by atoms with Crippen molar-refractivity contribution in [1.29, 1.82) is 0 Å². The molecule has 0 amide bonds. The molecule has 2 aromatic carbocycles. The first-order chi connectivity index (χ1) is 12.2. The molecule has 0 radical (unpaired) electrons. The van der Waals surface area contributed by atoms with Crippen LogP contribution in [0.1, 0.15) is 27.0 Å². The Morgan fingerprint density at radius 3 is 2.54 bits per heavy atom. The standard InChI is InChI=1S/C18H11ClF3NO3/c19-13-4-10-8-2-1-7-3-11(17(25)26)15(24)5-9(7)16(8)23-14(10)6-12(13)18(20,21)22/h3-6,23-24H,1-2H2,(H,25,26). The van der Waals surface area contributed by atoms with Gasteiger partial charge in [0.2, 0.25) is 0 Å². The number of benzene rings is 2. The lowest BCUT2D eigenvalue weighted by Crippen LogP contribution is -2.06. The number of H-pyrrole nitrogens is 1. The van der Waals surface area contributed by atoms with Crippen molar-refractivity contribution in [2.45, 2.75) is 19.0 Å². The van der Waals surface area contributed by atoms with Gasteiger partial charge in [-0.2, -0.15) is 13.2 Å². The van der Waals surface area contributed by atoms with Gasteiger partial charge in [-0.05, 0) is 48.2 Å². The molecule has 134 valence electrons. The molecule has 1 heterocycles. The van der Waals surface area contributed by atoms with Crippen LogP contribution in [0, 0.1) is 0 Å². The second kappa shape index (κ2) is 5.41. The van der Waals surface area contributed by atoms with E-state index in [0.29, 0.717) is 40.6 Å². The number of carboxylic acids is 1. The molecule has 26 heavy (non-hydrogen) atoms. The number of nitrogens with one attached hydrogen (secondary N) is 1. The highest BCUT2D eigenvalue weighted by Gasteiger charge is 2.34. The minimum atomic E-state index is -4.57. The molecule has 0 bridgehead atoms. The molecule has 8 heteroatoms. The number of hydrogen-bond donors (Lipinski definition) is 3. The fraction of sp³-hybridized carbons (Fsp3) is 0.167. The summed E-state index contributed by atoms with van der Waals surface area (Å²) in [6.07, 6.45) is -3.54. The molecular formula is C18H11ClF3NO3. The Hall–Kier alpha value is -2.67. The number of aromatic amines is 1. The average molecular weight is 382 g/mol. The minimum absolute atomic E-state index is 0.203. The van der Waals surface area contributed by atoms with E-state index >= 15 is 0 Å². The summed E-state index contributed by atoms with van der Waals surface area (Å²) in [5.74, 6) is -1.63.